The highest BCUT2D eigenvalue weighted by molar-refractivity contribution is 8.16. The number of aryl methyl sites for hydroxylation is 1. The Morgan fingerprint density at radius 1 is 1.29 bits per heavy atom. The zero-order chi connectivity index (χ0) is 16.5. The molecule has 0 spiro atoms. The molecule has 4 nitrogen and oxygen atoms in total. The van der Waals surface area contributed by atoms with Crippen LogP contribution in [0.2, 0.25) is 0 Å². The Hall–Kier alpha value is -1.40. The minimum Gasteiger partial charge on any atom is -0.326 e. The van der Waals surface area contributed by atoms with Gasteiger partial charge in [0.2, 0.25) is 5.91 Å². The van der Waals surface area contributed by atoms with Crippen LogP contribution in [-0.4, -0.2) is 27.2 Å². The molecule has 6 heteroatoms. The van der Waals surface area contributed by atoms with Crippen LogP contribution in [0.25, 0.3) is 0 Å². The molecule has 2 heterocycles. The van der Waals surface area contributed by atoms with E-state index in [-0.39, 0.29) is 11.8 Å². The van der Waals surface area contributed by atoms with Crippen LogP contribution in [0.5, 0.6) is 0 Å². The number of carbonyl (C=O) groups is 1. The van der Waals surface area contributed by atoms with Crippen molar-refractivity contribution in [2.45, 2.75) is 23.3 Å². The molecule has 126 valence electrons. The van der Waals surface area contributed by atoms with E-state index in [0.29, 0.717) is 10.5 Å². The molecule has 2 atom stereocenters. The van der Waals surface area contributed by atoms with Gasteiger partial charge >= 0.3 is 0 Å². The van der Waals surface area contributed by atoms with Gasteiger partial charge in [-0.15, -0.1) is 23.5 Å². The molecule has 1 amide bonds. The molecular formula is C18H21N3OS2. The first-order chi connectivity index (χ1) is 11.7. The standard InChI is InChI=1S/C18H21N3OS2/c1-21-11-13(10-19-21)15-9-16(15)17(22)20-14-5-2-4-12(8-14)18-23-6-3-7-24-18/h2,4-5,8,10-11,15-16,18H,3,6-7,9H2,1H3,(H,20,22)/t15-,16+/m1/s1. The first-order valence-corrected chi connectivity index (χ1v) is 10.4. The number of rotatable bonds is 4. The van der Waals surface area contributed by atoms with Crippen LogP contribution >= 0.6 is 23.5 Å². The van der Waals surface area contributed by atoms with Gasteiger partial charge < -0.3 is 5.32 Å². The van der Waals surface area contributed by atoms with Gasteiger partial charge in [-0.3, -0.25) is 9.48 Å². The largest absolute Gasteiger partial charge is 0.326 e. The maximum absolute atomic E-state index is 12.5. The first-order valence-electron chi connectivity index (χ1n) is 8.33. The zero-order valence-corrected chi connectivity index (χ0v) is 15.3. The van der Waals surface area contributed by atoms with Gasteiger partial charge in [0, 0.05) is 24.8 Å². The summed E-state index contributed by atoms with van der Waals surface area (Å²) in [6.07, 6.45) is 6.09. The van der Waals surface area contributed by atoms with E-state index in [1.807, 2.05) is 55.1 Å². The quantitative estimate of drug-likeness (QED) is 0.895. The van der Waals surface area contributed by atoms with E-state index in [1.54, 1.807) is 4.68 Å². The highest BCUT2D eigenvalue weighted by atomic mass is 32.2. The smallest absolute Gasteiger partial charge is 0.228 e. The second kappa shape index (κ2) is 6.84. The van der Waals surface area contributed by atoms with Crippen molar-refractivity contribution < 1.29 is 4.79 Å². The van der Waals surface area contributed by atoms with Crippen LogP contribution in [0.1, 0.15) is 34.5 Å². The van der Waals surface area contributed by atoms with Crippen molar-refractivity contribution in [3.63, 3.8) is 0 Å². The first kappa shape index (κ1) is 16.1. The van der Waals surface area contributed by atoms with E-state index >= 15 is 0 Å². The van der Waals surface area contributed by atoms with Crippen molar-refractivity contribution in [2.75, 3.05) is 16.8 Å². The van der Waals surface area contributed by atoms with E-state index in [1.165, 1.54) is 29.1 Å². The van der Waals surface area contributed by atoms with Crippen molar-refractivity contribution in [1.82, 2.24) is 9.78 Å². The van der Waals surface area contributed by atoms with Gasteiger partial charge in [0.15, 0.2) is 0 Å². The lowest BCUT2D eigenvalue weighted by Gasteiger charge is -2.21. The molecule has 0 unspecified atom stereocenters. The van der Waals surface area contributed by atoms with Gasteiger partial charge in [-0.1, -0.05) is 12.1 Å². The molecular weight excluding hydrogens is 338 g/mol. The highest BCUT2D eigenvalue weighted by Crippen LogP contribution is 2.48. The Morgan fingerprint density at radius 2 is 2.12 bits per heavy atom. The molecule has 0 bridgehead atoms. The minimum absolute atomic E-state index is 0.0799. The molecule has 4 rings (SSSR count). The van der Waals surface area contributed by atoms with E-state index in [9.17, 15) is 4.79 Å². The van der Waals surface area contributed by atoms with Gasteiger partial charge in [0.25, 0.3) is 0 Å². The fraction of sp³-hybridized carbons (Fsp3) is 0.444. The zero-order valence-electron chi connectivity index (χ0n) is 13.6. The molecule has 1 saturated carbocycles. The number of anilines is 1. The van der Waals surface area contributed by atoms with Gasteiger partial charge in [-0.05, 0) is 53.5 Å². The number of benzene rings is 1. The van der Waals surface area contributed by atoms with E-state index in [2.05, 4.69) is 22.5 Å². The van der Waals surface area contributed by atoms with Crippen molar-refractivity contribution >= 4 is 35.1 Å². The lowest BCUT2D eigenvalue weighted by molar-refractivity contribution is -0.117. The number of hydrogen-bond acceptors (Lipinski definition) is 4. The average Bonchev–Trinajstić information content (AvgIpc) is 3.30. The number of amides is 1. The topological polar surface area (TPSA) is 46.9 Å². The second-order valence-corrected chi connectivity index (χ2v) is 9.16. The molecule has 24 heavy (non-hydrogen) atoms. The predicted octanol–water partition coefficient (Wildman–Crippen LogP) is 4.03. The Balaban J connectivity index is 1.39. The summed E-state index contributed by atoms with van der Waals surface area (Å²) in [4.78, 5) is 12.5. The molecule has 1 N–H and O–H groups in total. The van der Waals surface area contributed by atoms with E-state index < -0.39 is 0 Å². The third-order valence-corrected chi connectivity index (χ3v) is 7.55. The molecule has 1 saturated heterocycles. The van der Waals surface area contributed by atoms with Gasteiger partial charge in [0.1, 0.15) is 0 Å². The monoisotopic (exact) mass is 359 g/mol. The number of carbonyl (C=O) groups excluding carboxylic acids is 1. The maximum atomic E-state index is 12.5. The number of aromatic nitrogens is 2. The summed E-state index contributed by atoms with van der Waals surface area (Å²) >= 11 is 4.01. The van der Waals surface area contributed by atoms with Gasteiger partial charge in [0.05, 0.1) is 10.8 Å². The van der Waals surface area contributed by atoms with Crippen LogP contribution in [0.15, 0.2) is 36.7 Å². The fourth-order valence-electron chi connectivity index (χ4n) is 3.16. The van der Waals surface area contributed by atoms with Crippen LogP contribution in [0.3, 0.4) is 0 Å². The summed E-state index contributed by atoms with van der Waals surface area (Å²) in [5.41, 5.74) is 3.39. The fourth-order valence-corrected chi connectivity index (χ4v) is 6.04. The Labute approximate surface area is 150 Å². The van der Waals surface area contributed by atoms with Crippen molar-refractivity contribution in [3.05, 3.63) is 47.8 Å². The minimum atomic E-state index is 0.0799. The molecule has 1 aromatic heterocycles. The van der Waals surface area contributed by atoms with Crippen LogP contribution < -0.4 is 5.32 Å². The molecule has 0 radical (unpaired) electrons. The molecule has 1 aliphatic heterocycles. The summed E-state index contributed by atoms with van der Waals surface area (Å²) in [6, 6.07) is 8.34. The number of nitrogens with one attached hydrogen (secondary N) is 1. The van der Waals surface area contributed by atoms with Crippen molar-refractivity contribution in [3.8, 4) is 0 Å². The molecule has 2 aromatic rings. The maximum Gasteiger partial charge on any atom is 0.228 e. The lowest BCUT2D eigenvalue weighted by atomic mass is 10.2. The average molecular weight is 360 g/mol. The Kier molecular flexibility index (Phi) is 4.59. The highest BCUT2D eigenvalue weighted by Gasteiger charge is 2.44. The summed E-state index contributed by atoms with van der Waals surface area (Å²) < 4.78 is 2.30. The third kappa shape index (κ3) is 3.49. The van der Waals surface area contributed by atoms with Crippen molar-refractivity contribution in [2.24, 2.45) is 13.0 Å². The SMILES string of the molecule is Cn1cc([C@H]2C[C@@H]2C(=O)Nc2cccc(C3SCCCS3)c2)cn1. The number of hydrogen-bond donors (Lipinski definition) is 1. The summed E-state index contributed by atoms with van der Waals surface area (Å²) in [7, 11) is 1.91. The molecule has 2 aliphatic rings. The van der Waals surface area contributed by atoms with Crippen molar-refractivity contribution in [1.29, 1.82) is 0 Å². The van der Waals surface area contributed by atoms with E-state index in [0.717, 1.165) is 12.1 Å². The third-order valence-electron chi connectivity index (χ3n) is 4.53. The summed E-state index contributed by atoms with van der Waals surface area (Å²) in [6.45, 7) is 0. The Morgan fingerprint density at radius 3 is 2.88 bits per heavy atom. The van der Waals surface area contributed by atoms with Gasteiger partial charge in [-0.2, -0.15) is 5.10 Å². The second-order valence-electron chi connectivity index (χ2n) is 6.44. The number of thioether (sulfide) groups is 2. The van der Waals surface area contributed by atoms with Crippen LogP contribution in [0, 0.1) is 5.92 Å². The van der Waals surface area contributed by atoms with E-state index in [4.69, 9.17) is 0 Å². The predicted molar refractivity (Wildman–Crippen MR) is 101 cm³/mol. The molecule has 1 aromatic carbocycles. The summed E-state index contributed by atoms with van der Waals surface area (Å²) in [5.74, 6) is 2.99. The van der Waals surface area contributed by atoms with Crippen LogP contribution in [-0.2, 0) is 11.8 Å². The van der Waals surface area contributed by atoms with Crippen LogP contribution in [0.4, 0.5) is 5.69 Å². The summed E-state index contributed by atoms with van der Waals surface area (Å²) in [5, 5.41) is 7.30. The Bertz CT molecular complexity index is 739. The molecule has 2 fully saturated rings. The number of nitrogens with zero attached hydrogens (tertiary/aromatic N) is 2. The molecule has 1 aliphatic carbocycles. The lowest BCUT2D eigenvalue weighted by Crippen LogP contribution is -2.14. The van der Waals surface area contributed by atoms with Gasteiger partial charge in [-0.25, -0.2) is 0 Å². The normalized spacial score (nSPS) is 23.9.